The van der Waals surface area contributed by atoms with Gasteiger partial charge in [0, 0.05) is 11.9 Å². The number of hydrogen-bond donors (Lipinski definition) is 1. The predicted octanol–water partition coefficient (Wildman–Crippen LogP) is 2.95. The van der Waals surface area contributed by atoms with E-state index < -0.39 is 0 Å². The molecule has 4 heteroatoms. The number of aryl methyl sites for hydroxylation is 1. The quantitative estimate of drug-likeness (QED) is 0.891. The first-order valence-electron chi connectivity index (χ1n) is 5.06. The lowest BCUT2D eigenvalue weighted by Crippen LogP contribution is -2.17. The average Bonchev–Trinajstić information content (AvgIpc) is 2.69. The highest BCUT2D eigenvalue weighted by Crippen LogP contribution is 2.25. The van der Waals surface area contributed by atoms with Crippen molar-refractivity contribution < 1.29 is 4.42 Å². The summed E-state index contributed by atoms with van der Waals surface area (Å²) >= 11 is 5.76. The topological polar surface area (TPSA) is 38.1 Å². The Morgan fingerprint density at radius 1 is 1.31 bits per heavy atom. The largest absolute Gasteiger partial charge is 0.448 e. The first-order chi connectivity index (χ1) is 7.70. The van der Waals surface area contributed by atoms with Crippen molar-refractivity contribution in [3.8, 4) is 0 Å². The van der Waals surface area contributed by atoms with Crippen molar-refractivity contribution in [1.82, 2.24) is 10.3 Å². The van der Waals surface area contributed by atoms with E-state index in [1.54, 1.807) is 6.07 Å². The summed E-state index contributed by atoms with van der Waals surface area (Å²) in [4.78, 5) is 4.27. The van der Waals surface area contributed by atoms with Crippen molar-refractivity contribution in [2.75, 3.05) is 7.05 Å². The second kappa shape index (κ2) is 4.68. The maximum absolute atomic E-state index is 5.76. The fourth-order valence-corrected chi connectivity index (χ4v) is 1.76. The minimum atomic E-state index is -0.0133. The molecule has 0 spiro atoms. The van der Waals surface area contributed by atoms with E-state index >= 15 is 0 Å². The fraction of sp³-hybridized carbons (Fsp3) is 0.250. The molecule has 0 radical (unpaired) electrons. The standard InChI is InChI=1S/C12H13ClN2O/c1-8-3-4-9(7-15-8)12(14-2)10-5-6-11(13)16-10/h3-7,12,14H,1-2H3. The van der Waals surface area contributed by atoms with Gasteiger partial charge in [-0.05, 0) is 49.3 Å². The van der Waals surface area contributed by atoms with Crippen molar-refractivity contribution in [3.63, 3.8) is 0 Å². The Labute approximate surface area is 99.5 Å². The Balaban J connectivity index is 2.32. The smallest absolute Gasteiger partial charge is 0.193 e. The highest BCUT2D eigenvalue weighted by molar-refractivity contribution is 6.28. The maximum Gasteiger partial charge on any atom is 0.193 e. The van der Waals surface area contributed by atoms with Crippen LogP contribution in [-0.2, 0) is 0 Å². The Bertz CT molecular complexity index is 464. The number of nitrogens with one attached hydrogen (secondary N) is 1. The molecule has 2 aromatic rings. The van der Waals surface area contributed by atoms with Crippen LogP contribution in [0.5, 0.6) is 0 Å². The van der Waals surface area contributed by atoms with Gasteiger partial charge in [0.05, 0.1) is 6.04 Å². The highest BCUT2D eigenvalue weighted by atomic mass is 35.5. The maximum atomic E-state index is 5.76. The number of pyridine rings is 1. The molecule has 1 N–H and O–H groups in total. The van der Waals surface area contributed by atoms with Crippen molar-refractivity contribution >= 4 is 11.6 Å². The van der Waals surface area contributed by atoms with Crippen LogP contribution in [0.15, 0.2) is 34.9 Å². The average molecular weight is 237 g/mol. The molecule has 16 heavy (non-hydrogen) atoms. The van der Waals surface area contributed by atoms with Crippen LogP contribution in [0.3, 0.4) is 0 Å². The van der Waals surface area contributed by atoms with Gasteiger partial charge in [-0.2, -0.15) is 0 Å². The Morgan fingerprint density at radius 2 is 2.12 bits per heavy atom. The van der Waals surface area contributed by atoms with Gasteiger partial charge in [0.15, 0.2) is 5.22 Å². The molecular weight excluding hydrogens is 224 g/mol. The fourth-order valence-electron chi connectivity index (χ4n) is 1.61. The van der Waals surface area contributed by atoms with Gasteiger partial charge in [-0.25, -0.2) is 0 Å². The molecule has 0 fully saturated rings. The van der Waals surface area contributed by atoms with Gasteiger partial charge >= 0.3 is 0 Å². The minimum absolute atomic E-state index is 0.0133. The molecular formula is C12H13ClN2O. The Morgan fingerprint density at radius 3 is 2.62 bits per heavy atom. The van der Waals surface area contributed by atoms with Crippen LogP contribution in [0, 0.1) is 6.92 Å². The van der Waals surface area contributed by atoms with E-state index in [2.05, 4.69) is 10.3 Å². The molecule has 0 saturated heterocycles. The van der Waals surface area contributed by atoms with Crippen LogP contribution >= 0.6 is 11.6 Å². The molecule has 0 aliphatic carbocycles. The van der Waals surface area contributed by atoms with Crippen LogP contribution in [0.25, 0.3) is 0 Å². The summed E-state index contributed by atoms with van der Waals surface area (Å²) < 4.78 is 5.40. The first kappa shape index (κ1) is 11.2. The van der Waals surface area contributed by atoms with Crippen molar-refractivity contribution in [3.05, 3.63) is 52.7 Å². The molecule has 2 aromatic heterocycles. The molecule has 0 aliphatic heterocycles. The monoisotopic (exact) mass is 236 g/mol. The second-order valence-corrected chi connectivity index (χ2v) is 3.97. The summed E-state index contributed by atoms with van der Waals surface area (Å²) in [5, 5.41) is 3.57. The molecule has 84 valence electrons. The molecule has 0 amide bonds. The molecule has 1 atom stereocenters. The van der Waals surface area contributed by atoms with Gasteiger partial charge in [-0.1, -0.05) is 6.07 Å². The molecule has 2 heterocycles. The van der Waals surface area contributed by atoms with Crippen LogP contribution < -0.4 is 5.32 Å². The molecule has 0 bridgehead atoms. The molecule has 0 aromatic carbocycles. The van der Waals surface area contributed by atoms with E-state index in [9.17, 15) is 0 Å². The Kier molecular flexibility index (Phi) is 3.27. The minimum Gasteiger partial charge on any atom is -0.448 e. The van der Waals surface area contributed by atoms with E-state index in [0.29, 0.717) is 5.22 Å². The summed E-state index contributed by atoms with van der Waals surface area (Å²) in [6.07, 6.45) is 1.84. The second-order valence-electron chi connectivity index (χ2n) is 3.60. The van der Waals surface area contributed by atoms with E-state index in [-0.39, 0.29) is 6.04 Å². The van der Waals surface area contributed by atoms with Gasteiger partial charge in [-0.3, -0.25) is 4.98 Å². The van der Waals surface area contributed by atoms with E-state index in [0.717, 1.165) is 17.0 Å². The zero-order chi connectivity index (χ0) is 11.5. The molecule has 1 unspecified atom stereocenters. The van der Waals surface area contributed by atoms with Crippen LogP contribution in [0.4, 0.5) is 0 Å². The van der Waals surface area contributed by atoms with Crippen LogP contribution in [-0.4, -0.2) is 12.0 Å². The van der Waals surface area contributed by atoms with Gasteiger partial charge < -0.3 is 9.73 Å². The number of halogens is 1. The highest BCUT2D eigenvalue weighted by Gasteiger charge is 2.15. The summed E-state index contributed by atoms with van der Waals surface area (Å²) in [5.74, 6) is 0.790. The lowest BCUT2D eigenvalue weighted by atomic mass is 10.1. The van der Waals surface area contributed by atoms with Crippen molar-refractivity contribution in [2.24, 2.45) is 0 Å². The molecule has 0 saturated carbocycles. The molecule has 0 aliphatic rings. The number of rotatable bonds is 3. The predicted molar refractivity (Wildman–Crippen MR) is 63.6 cm³/mol. The van der Waals surface area contributed by atoms with Gasteiger partial charge in [0.25, 0.3) is 0 Å². The zero-order valence-corrected chi connectivity index (χ0v) is 9.95. The zero-order valence-electron chi connectivity index (χ0n) is 9.20. The third-order valence-electron chi connectivity index (χ3n) is 2.43. The van der Waals surface area contributed by atoms with Gasteiger partial charge in [0.1, 0.15) is 5.76 Å². The molecule has 3 nitrogen and oxygen atoms in total. The number of hydrogen-bond acceptors (Lipinski definition) is 3. The van der Waals surface area contributed by atoms with Gasteiger partial charge in [-0.15, -0.1) is 0 Å². The lowest BCUT2D eigenvalue weighted by Gasteiger charge is -2.13. The van der Waals surface area contributed by atoms with Crippen molar-refractivity contribution in [1.29, 1.82) is 0 Å². The number of furan rings is 1. The van der Waals surface area contributed by atoms with Crippen LogP contribution in [0.1, 0.15) is 23.1 Å². The lowest BCUT2D eigenvalue weighted by molar-refractivity contribution is 0.464. The van der Waals surface area contributed by atoms with Crippen molar-refractivity contribution in [2.45, 2.75) is 13.0 Å². The van der Waals surface area contributed by atoms with E-state index in [4.69, 9.17) is 16.0 Å². The summed E-state index contributed by atoms with van der Waals surface area (Å²) in [6.45, 7) is 1.96. The van der Waals surface area contributed by atoms with E-state index in [1.807, 2.05) is 38.4 Å². The SMILES string of the molecule is CNC(c1ccc(C)nc1)c1ccc(Cl)o1. The third kappa shape index (κ3) is 2.26. The van der Waals surface area contributed by atoms with E-state index in [1.165, 1.54) is 0 Å². The van der Waals surface area contributed by atoms with Gasteiger partial charge in [0.2, 0.25) is 0 Å². The summed E-state index contributed by atoms with van der Waals surface area (Å²) in [6, 6.07) is 7.59. The number of aromatic nitrogens is 1. The summed E-state index contributed by atoms with van der Waals surface area (Å²) in [5.41, 5.74) is 2.05. The molecule has 2 rings (SSSR count). The summed E-state index contributed by atoms with van der Waals surface area (Å²) in [7, 11) is 1.88. The Hall–Kier alpha value is -1.32. The third-order valence-corrected chi connectivity index (χ3v) is 2.64. The van der Waals surface area contributed by atoms with Crippen LogP contribution in [0.2, 0.25) is 5.22 Å². The first-order valence-corrected chi connectivity index (χ1v) is 5.43. The normalized spacial score (nSPS) is 12.7. The number of nitrogens with zero attached hydrogens (tertiary/aromatic N) is 1.